The first kappa shape index (κ1) is 13.7. The smallest absolute Gasteiger partial charge is 0.259 e. The third kappa shape index (κ3) is 2.83. The number of nitrogens with zero attached hydrogens (tertiary/aromatic N) is 1. The SMILES string of the molecule is COc1cccc(N)c1C(=O)N(C)C1CCCCC1. The lowest BCUT2D eigenvalue weighted by Gasteiger charge is -2.31. The Morgan fingerprint density at radius 1 is 1.32 bits per heavy atom. The van der Waals surface area contributed by atoms with Crippen LogP contribution in [0.15, 0.2) is 18.2 Å². The fourth-order valence-corrected chi connectivity index (χ4v) is 2.76. The van der Waals surface area contributed by atoms with Gasteiger partial charge in [0.25, 0.3) is 5.91 Å². The highest BCUT2D eigenvalue weighted by molar-refractivity contribution is 6.01. The summed E-state index contributed by atoms with van der Waals surface area (Å²) in [5.41, 5.74) is 6.90. The van der Waals surface area contributed by atoms with Crippen LogP contribution in [0, 0.1) is 0 Å². The maximum absolute atomic E-state index is 12.6. The zero-order valence-electron chi connectivity index (χ0n) is 11.7. The quantitative estimate of drug-likeness (QED) is 0.852. The fraction of sp³-hybridized carbons (Fsp3) is 0.533. The van der Waals surface area contributed by atoms with E-state index in [1.807, 2.05) is 11.9 Å². The first-order chi connectivity index (χ1) is 9.15. The minimum Gasteiger partial charge on any atom is -0.496 e. The van der Waals surface area contributed by atoms with Crippen molar-refractivity contribution in [2.45, 2.75) is 38.1 Å². The van der Waals surface area contributed by atoms with Crippen LogP contribution >= 0.6 is 0 Å². The molecule has 1 aliphatic rings. The lowest BCUT2D eigenvalue weighted by Crippen LogP contribution is -2.38. The van der Waals surface area contributed by atoms with Gasteiger partial charge in [0, 0.05) is 18.8 Å². The van der Waals surface area contributed by atoms with Crippen molar-refractivity contribution in [2.24, 2.45) is 0 Å². The van der Waals surface area contributed by atoms with Crippen molar-refractivity contribution in [2.75, 3.05) is 19.9 Å². The van der Waals surface area contributed by atoms with Crippen molar-refractivity contribution >= 4 is 11.6 Å². The second-order valence-electron chi connectivity index (χ2n) is 5.13. The molecule has 1 amide bonds. The van der Waals surface area contributed by atoms with Crippen molar-refractivity contribution in [3.8, 4) is 5.75 Å². The van der Waals surface area contributed by atoms with Crippen molar-refractivity contribution < 1.29 is 9.53 Å². The first-order valence-electron chi connectivity index (χ1n) is 6.84. The van der Waals surface area contributed by atoms with Crippen LogP contribution in [-0.4, -0.2) is 31.0 Å². The molecule has 2 rings (SSSR count). The molecule has 4 heteroatoms. The molecule has 1 aromatic rings. The number of amides is 1. The van der Waals surface area contributed by atoms with Gasteiger partial charge >= 0.3 is 0 Å². The normalized spacial score (nSPS) is 16.1. The zero-order valence-corrected chi connectivity index (χ0v) is 11.7. The minimum absolute atomic E-state index is 0.0400. The Bertz CT molecular complexity index is 453. The summed E-state index contributed by atoms with van der Waals surface area (Å²) in [7, 11) is 3.43. The van der Waals surface area contributed by atoms with Gasteiger partial charge in [-0.05, 0) is 25.0 Å². The Kier molecular flexibility index (Phi) is 4.30. The van der Waals surface area contributed by atoms with E-state index in [-0.39, 0.29) is 5.91 Å². The highest BCUT2D eigenvalue weighted by Gasteiger charge is 2.26. The number of hydrogen-bond donors (Lipinski definition) is 1. The lowest BCUT2D eigenvalue weighted by molar-refractivity contribution is 0.0694. The van der Waals surface area contributed by atoms with Gasteiger partial charge in [-0.25, -0.2) is 0 Å². The summed E-state index contributed by atoms with van der Waals surface area (Å²) >= 11 is 0. The van der Waals surface area contributed by atoms with Crippen LogP contribution in [0.2, 0.25) is 0 Å². The third-order valence-corrected chi connectivity index (χ3v) is 3.93. The number of hydrogen-bond acceptors (Lipinski definition) is 3. The summed E-state index contributed by atoms with van der Waals surface area (Å²) < 4.78 is 5.26. The molecule has 0 unspecified atom stereocenters. The molecule has 0 saturated heterocycles. The predicted octanol–water partition coefficient (Wildman–Crippen LogP) is 2.68. The van der Waals surface area contributed by atoms with Gasteiger partial charge in [0.1, 0.15) is 11.3 Å². The predicted molar refractivity (Wildman–Crippen MR) is 76.4 cm³/mol. The average molecular weight is 262 g/mol. The second kappa shape index (κ2) is 5.95. The molecule has 0 spiro atoms. The number of ether oxygens (including phenoxy) is 1. The molecule has 2 N–H and O–H groups in total. The van der Waals surface area contributed by atoms with Gasteiger partial charge in [0.05, 0.1) is 7.11 Å². The summed E-state index contributed by atoms with van der Waals surface area (Å²) in [6.07, 6.45) is 5.83. The Morgan fingerprint density at radius 3 is 2.63 bits per heavy atom. The molecule has 0 heterocycles. The molecule has 0 bridgehead atoms. The maximum atomic E-state index is 12.6. The van der Waals surface area contributed by atoms with Gasteiger partial charge < -0.3 is 15.4 Å². The number of methoxy groups -OCH3 is 1. The molecular formula is C15H22N2O2. The number of benzene rings is 1. The number of rotatable bonds is 3. The van der Waals surface area contributed by atoms with Gasteiger partial charge in [-0.3, -0.25) is 4.79 Å². The van der Waals surface area contributed by atoms with Gasteiger partial charge in [-0.2, -0.15) is 0 Å². The van der Waals surface area contributed by atoms with Crippen LogP contribution in [0.25, 0.3) is 0 Å². The largest absolute Gasteiger partial charge is 0.496 e. The number of carbonyl (C=O) groups excluding carboxylic acids is 1. The van der Waals surface area contributed by atoms with E-state index in [0.29, 0.717) is 23.0 Å². The summed E-state index contributed by atoms with van der Waals surface area (Å²) in [5, 5.41) is 0. The van der Waals surface area contributed by atoms with E-state index in [4.69, 9.17) is 10.5 Å². The van der Waals surface area contributed by atoms with E-state index in [1.165, 1.54) is 19.3 Å². The second-order valence-corrected chi connectivity index (χ2v) is 5.13. The Morgan fingerprint density at radius 2 is 2.00 bits per heavy atom. The minimum atomic E-state index is -0.0400. The Labute approximate surface area is 114 Å². The zero-order chi connectivity index (χ0) is 13.8. The lowest BCUT2D eigenvalue weighted by atomic mass is 9.94. The van der Waals surface area contributed by atoms with Crippen molar-refractivity contribution in [3.05, 3.63) is 23.8 Å². The monoisotopic (exact) mass is 262 g/mol. The number of nitrogens with two attached hydrogens (primary N) is 1. The van der Waals surface area contributed by atoms with Crippen LogP contribution in [0.1, 0.15) is 42.5 Å². The molecular weight excluding hydrogens is 240 g/mol. The molecule has 0 radical (unpaired) electrons. The van der Waals surface area contributed by atoms with Crippen LogP contribution in [0.3, 0.4) is 0 Å². The molecule has 1 saturated carbocycles. The van der Waals surface area contributed by atoms with E-state index >= 15 is 0 Å². The van der Waals surface area contributed by atoms with Crippen LogP contribution in [0.5, 0.6) is 5.75 Å². The van der Waals surface area contributed by atoms with E-state index in [2.05, 4.69) is 0 Å². The standard InChI is InChI=1S/C15H22N2O2/c1-17(11-7-4-3-5-8-11)15(18)14-12(16)9-6-10-13(14)19-2/h6,9-11H,3-5,7-8,16H2,1-2H3. The molecule has 104 valence electrons. The van der Waals surface area contributed by atoms with E-state index < -0.39 is 0 Å². The van der Waals surface area contributed by atoms with Gasteiger partial charge in [-0.15, -0.1) is 0 Å². The van der Waals surface area contributed by atoms with E-state index in [9.17, 15) is 4.79 Å². The molecule has 4 nitrogen and oxygen atoms in total. The number of carbonyl (C=O) groups is 1. The molecule has 0 aliphatic heterocycles. The number of nitrogen functional groups attached to an aromatic ring is 1. The molecule has 0 aromatic heterocycles. The molecule has 1 aromatic carbocycles. The van der Waals surface area contributed by atoms with E-state index in [0.717, 1.165) is 12.8 Å². The van der Waals surface area contributed by atoms with Crippen LogP contribution in [-0.2, 0) is 0 Å². The van der Waals surface area contributed by atoms with Gasteiger partial charge in [-0.1, -0.05) is 25.3 Å². The molecule has 1 fully saturated rings. The fourth-order valence-electron chi connectivity index (χ4n) is 2.76. The molecule has 19 heavy (non-hydrogen) atoms. The maximum Gasteiger partial charge on any atom is 0.259 e. The van der Waals surface area contributed by atoms with Crippen LogP contribution in [0.4, 0.5) is 5.69 Å². The highest BCUT2D eigenvalue weighted by Crippen LogP contribution is 2.28. The average Bonchev–Trinajstić information content (AvgIpc) is 2.46. The summed E-state index contributed by atoms with van der Waals surface area (Å²) in [5.74, 6) is 0.509. The summed E-state index contributed by atoms with van der Waals surface area (Å²) in [4.78, 5) is 14.4. The Hall–Kier alpha value is -1.71. The summed E-state index contributed by atoms with van der Waals surface area (Å²) in [6, 6.07) is 5.64. The first-order valence-corrected chi connectivity index (χ1v) is 6.84. The van der Waals surface area contributed by atoms with Crippen LogP contribution < -0.4 is 10.5 Å². The van der Waals surface area contributed by atoms with Gasteiger partial charge in [0.2, 0.25) is 0 Å². The Balaban J connectivity index is 2.23. The van der Waals surface area contributed by atoms with Gasteiger partial charge in [0.15, 0.2) is 0 Å². The van der Waals surface area contributed by atoms with E-state index in [1.54, 1.807) is 25.3 Å². The highest BCUT2D eigenvalue weighted by atomic mass is 16.5. The van der Waals surface area contributed by atoms with Crippen molar-refractivity contribution in [3.63, 3.8) is 0 Å². The number of anilines is 1. The molecule has 1 aliphatic carbocycles. The molecule has 0 atom stereocenters. The topological polar surface area (TPSA) is 55.6 Å². The van der Waals surface area contributed by atoms with Crippen molar-refractivity contribution in [1.29, 1.82) is 0 Å². The third-order valence-electron chi connectivity index (χ3n) is 3.93. The summed E-state index contributed by atoms with van der Waals surface area (Å²) in [6.45, 7) is 0. The van der Waals surface area contributed by atoms with Crippen molar-refractivity contribution in [1.82, 2.24) is 4.90 Å².